The molecule has 0 fully saturated rings. The maximum atomic E-state index is 10.4. The van der Waals surface area contributed by atoms with E-state index in [4.69, 9.17) is 5.11 Å². The number of aromatic nitrogens is 2. The number of rotatable bonds is 7. The van der Waals surface area contributed by atoms with E-state index in [2.05, 4.69) is 28.9 Å². The van der Waals surface area contributed by atoms with E-state index in [0.29, 0.717) is 10.4 Å². The van der Waals surface area contributed by atoms with Crippen molar-refractivity contribution in [1.29, 1.82) is 0 Å². The Bertz CT molecular complexity index is 370. The van der Waals surface area contributed by atoms with Crippen LogP contribution in [0.1, 0.15) is 26.7 Å². The Morgan fingerprint density at radius 3 is 2.88 bits per heavy atom. The van der Waals surface area contributed by atoms with Gasteiger partial charge in [0.1, 0.15) is 0 Å². The van der Waals surface area contributed by atoms with Crippen molar-refractivity contribution in [3.8, 4) is 0 Å². The molecule has 1 unspecified atom stereocenters. The maximum absolute atomic E-state index is 10.4. The van der Waals surface area contributed by atoms with E-state index in [-0.39, 0.29) is 5.75 Å². The van der Waals surface area contributed by atoms with E-state index >= 15 is 0 Å². The molecule has 0 amide bonds. The molecule has 0 aliphatic carbocycles. The van der Waals surface area contributed by atoms with Crippen molar-refractivity contribution in [3.63, 3.8) is 0 Å². The molecule has 0 radical (unpaired) electrons. The van der Waals surface area contributed by atoms with Crippen LogP contribution in [0.25, 0.3) is 0 Å². The van der Waals surface area contributed by atoms with Crippen LogP contribution in [0.5, 0.6) is 0 Å². The predicted octanol–water partition coefficient (Wildman–Crippen LogP) is 2.34. The third-order valence-corrected chi connectivity index (χ3v) is 4.52. The van der Waals surface area contributed by atoms with E-state index in [9.17, 15) is 4.79 Å². The molecule has 1 N–H and O–H groups in total. The second-order valence-electron chi connectivity index (χ2n) is 3.78. The smallest absolute Gasteiger partial charge is 0.313 e. The maximum Gasteiger partial charge on any atom is 0.313 e. The molecule has 0 aromatic carbocycles. The molecule has 1 aromatic rings. The number of carboxylic acid groups (broad SMARTS) is 1. The lowest BCUT2D eigenvalue weighted by molar-refractivity contribution is -0.133. The molecule has 96 valence electrons. The summed E-state index contributed by atoms with van der Waals surface area (Å²) in [6.45, 7) is 4.30. The SMILES string of the molecule is CCCC(C)N(C)c1nnc(SCC(=O)O)s1. The molecule has 5 nitrogen and oxygen atoms in total. The van der Waals surface area contributed by atoms with Gasteiger partial charge in [-0.05, 0) is 13.3 Å². The molecule has 7 heteroatoms. The number of carbonyl (C=O) groups is 1. The number of nitrogens with zero attached hydrogens (tertiary/aromatic N) is 3. The highest BCUT2D eigenvalue weighted by Gasteiger charge is 2.14. The van der Waals surface area contributed by atoms with Crippen molar-refractivity contribution in [2.75, 3.05) is 17.7 Å². The van der Waals surface area contributed by atoms with Gasteiger partial charge in [-0.25, -0.2) is 0 Å². The summed E-state index contributed by atoms with van der Waals surface area (Å²) >= 11 is 2.65. The minimum Gasteiger partial charge on any atom is -0.481 e. The average molecular weight is 275 g/mol. The van der Waals surface area contributed by atoms with Crippen molar-refractivity contribution in [2.24, 2.45) is 0 Å². The lowest BCUT2D eigenvalue weighted by Gasteiger charge is -2.22. The Morgan fingerprint density at radius 1 is 1.59 bits per heavy atom. The molecule has 1 rings (SSSR count). The summed E-state index contributed by atoms with van der Waals surface area (Å²) in [7, 11) is 1.99. The van der Waals surface area contributed by atoms with Gasteiger partial charge in [0.25, 0.3) is 0 Å². The molecular weight excluding hydrogens is 258 g/mol. The van der Waals surface area contributed by atoms with Crippen LogP contribution in [0.4, 0.5) is 5.13 Å². The highest BCUT2D eigenvalue weighted by atomic mass is 32.2. The Labute approximate surface area is 109 Å². The van der Waals surface area contributed by atoms with Crippen LogP contribution in [0, 0.1) is 0 Å². The predicted molar refractivity (Wildman–Crippen MR) is 71.0 cm³/mol. The van der Waals surface area contributed by atoms with Gasteiger partial charge in [-0.15, -0.1) is 10.2 Å². The highest BCUT2D eigenvalue weighted by molar-refractivity contribution is 8.01. The number of carboxylic acids is 1. The second kappa shape index (κ2) is 6.80. The number of thioether (sulfide) groups is 1. The molecule has 0 saturated carbocycles. The first kappa shape index (κ1) is 14.2. The lowest BCUT2D eigenvalue weighted by Crippen LogP contribution is -2.28. The second-order valence-corrected chi connectivity index (χ2v) is 5.96. The van der Waals surface area contributed by atoms with E-state index < -0.39 is 5.97 Å². The van der Waals surface area contributed by atoms with Crippen LogP contribution in [-0.4, -0.2) is 40.1 Å². The van der Waals surface area contributed by atoms with Gasteiger partial charge in [-0.2, -0.15) is 0 Å². The summed E-state index contributed by atoms with van der Waals surface area (Å²) in [5.74, 6) is -0.803. The van der Waals surface area contributed by atoms with Crippen molar-refractivity contribution >= 4 is 34.2 Å². The summed E-state index contributed by atoms with van der Waals surface area (Å²) in [5.41, 5.74) is 0. The van der Waals surface area contributed by atoms with Crippen LogP contribution in [0.2, 0.25) is 0 Å². The van der Waals surface area contributed by atoms with Gasteiger partial charge in [0.2, 0.25) is 5.13 Å². The van der Waals surface area contributed by atoms with Crippen LogP contribution in [-0.2, 0) is 4.79 Å². The zero-order valence-corrected chi connectivity index (χ0v) is 11.8. The number of hydrogen-bond acceptors (Lipinski definition) is 6. The number of aliphatic carboxylic acids is 1. The highest BCUT2D eigenvalue weighted by Crippen LogP contribution is 2.28. The first-order chi connectivity index (χ1) is 8.04. The van der Waals surface area contributed by atoms with Crippen molar-refractivity contribution in [1.82, 2.24) is 10.2 Å². The minimum atomic E-state index is -0.834. The minimum absolute atomic E-state index is 0.0306. The number of hydrogen-bond donors (Lipinski definition) is 1. The molecule has 17 heavy (non-hydrogen) atoms. The fraction of sp³-hybridized carbons (Fsp3) is 0.700. The standard InChI is InChI=1S/C10H17N3O2S2/c1-4-5-7(2)13(3)9-11-12-10(17-9)16-6-8(14)15/h7H,4-6H2,1-3H3,(H,14,15). The topological polar surface area (TPSA) is 66.3 Å². The monoisotopic (exact) mass is 275 g/mol. The normalized spacial score (nSPS) is 12.4. The average Bonchev–Trinajstić information content (AvgIpc) is 2.74. The fourth-order valence-corrected chi connectivity index (χ4v) is 2.95. The Hall–Kier alpha value is -0.820. The van der Waals surface area contributed by atoms with Gasteiger partial charge in [-0.3, -0.25) is 4.79 Å². The van der Waals surface area contributed by atoms with Crippen LogP contribution >= 0.6 is 23.1 Å². The van der Waals surface area contributed by atoms with E-state index in [1.165, 1.54) is 23.1 Å². The summed E-state index contributed by atoms with van der Waals surface area (Å²) in [6, 6.07) is 0.422. The van der Waals surface area contributed by atoms with Gasteiger partial charge in [0.05, 0.1) is 5.75 Å². The van der Waals surface area contributed by atoms with Crippen LogP contribution in [0.3, 0.4) is 0 Å². The summed E-state index contributed by atoms with van der Waals surface area (Å²) in [5, 5.41) is 17.5. The molecule has 1 heterocycles. The van der Waals surface area contributed by atoms with Gasteiger partial charge < -0.3 is 10.0 Å². The lowest BCUT2D eigenvalue weighted by atomic mass is 10.2. The number of anilines is 1. The summed E-state index contributed by atoms with van der Waals surface area (Å²) in [4.78, 5) is 12.5. The Morgan fingerprint density at radius 2 is 2.29 bits per heavy atom. The molecule has 0 aliphatic heterocycles. The van der Waals surface area contributed by atoms with Crippen LogP contribution < -0.4 is 4.90 Å². The van der Waals surface area contributed by atoms with E-state index in [1.807, 2.05) is 7.05 Å². The molecular formula is C10H17N3O2S2. The Kier molecular flexibility index (Phi) is 5.70. The third kappa shape index (κ3) is 4.51. The van der Waals surface area contributed by atoms with Crippen molar-refractivity contribution < 1.29 is 9.90 Å². The van der Waals surface area contributed by atoms with Gasteiger partial charge in [0.15, 0.2) is 4.34 Å². The first-order valence-electron chi connectivity index (χ1n) is 5.45. The van der Waals surface area contributed by atoms with Gasteiger partial charge >= 0.3 is 5.97 Å². The Balaban J connectivity index is 2.57. The largest absolute Gasteiger partial charge is 0.481 e. The molecule has 0 aliphatic rings. The molecule has 0 saturated heterocycles. The van der Waals surface area contributed by atoms with Crippen molar-refractivity contribution in [2.45, 2.75) is 37.1 Å². The third-order valence-electron chi connectivity index (χ3n) is 2.38. The molecule has 0 bridgehead atoms. The molecule has 1 aromatic heterocycles. The fourth-order valence-electron chi connectivity index (χ4n) is 1.33. The van der Waals surface area contributed by atoms with Crippen LogP contribution in [0.15, 0.2) is 4.34 Å². The van der Waals surface area contributed by atoms with Gasteiger partial charge in [-0.1, -0.05) is 36.4 Å². The van der Waals surface area contributed by atoms with Gasteiger partial charge in [0, 0.05) is 13.1 Å². The van der Waals surface area contributed by atoms with E-state index in [0.717, 1.165) is 18.0 Å². The molecule has 1 atom stereocenters. The quantitative estimate of drug-likeness (QED) is 0.770. The van der Waals surface area contributed by atoms with Crippen molar-refractivity contribution in [3.05, 3.63) is 0 Å². The summed E-state index contributed by atoms with van der Waals surface area (Å²) < 4.78 is 0.706. The van der Waals surface area contributed by atoms with E-state index in [1.54, 1.807) is 0 Å². The zero-order valence-electron chi connectivity index (χ0n) is 10.2. The zero-order chi connectivity index (χ0) is 12.8. The molecule has 0 spiro atoms. The first-order valence-corrected chi connectivity index (χ1v) is 7.25. The summed E-state index contributed by atoms with van der Waals surface area (Å²) in [6.07, 6.45) is 2.23.